The van der Waals surface area contributed by atoms with Gasteiger partial charge in [-0.1, -0.05) is 48.0 Å². The predicted octanol–water partition coefficient (Wildman–Crippen LogP) is 4.07. The van der Waals surface area contributed by atoms with Crippen LogP contribution in [0.5, 0.6) is 0 Å². The molecule has 138 valence electrons. The zero-order valence-electron chi connectivity index (χ0n) is 15.1. The van der Waals surface area contributed by atoms with Gasteiger partial charge in [0.1, 0.15) is 5.82 Å². The van der Waals surface area contributed by atoms with Crippen LogP contribution in [0.2, 0.25) is 5.02 Å². The molecule has 0 bridgehead atoms. The number of halogens is 1. The Labute approximate surface area is 164 Å². The minimum atomic E-state index is 0.661. The summed E-state index contributed by atoms with van der Waals surface area (Å²) in [6.45, 7) is 4.43. The van der Waals surface area contributed by atoms with E-state index in [1.807, 2.05) is 48.7 Å². The van der Waals surface area contributed by atoms with Gasteiger partial charge >= 0.3 is 0 Å². The van der Waals surface area contributed by atoms with Crippen molar-refractivity contribution in [3.8, 4) is 0 Å². The SMILES string of the molecule is Clc1cccc(N2CCN(c3ccnc(NCc4ccccc4)n3)CC2)c1. The summed E-state index contributed by atoms with van der Waals surface area (Å²) < 4.78 is 0. The fraction of sp³-hybridized carbons (Fsp3) is 0.238. The van der Waals surface area contributed by atoms with Gasteiger partial charge in [0.2, 0.25) is 5.95 Å². The third kappa shape index (κ3) is 4.49. The number of rotatable bonds is 5. The average Bonchev–Trinajstić information content (AvgIpc) is 2.73. The highest BCUT2D eigenvalue weighted by atomic mass is 35.5. The smallest absolute Gasteiger partial charge is 0.224 e. The molecule has 1 saturated heterocycles. The third-order valence-corrected chi connectivity index (χ3v) is 4.95. The Balaban J connectivity index is 1.37. The summed E-state index contributed by atoms with van der Waals surface area (Å²) in [4.78, 5) is 13.7. The molecule has 0 atom stereocenters. The molecule has 4 rings (SSSR count). The Kier molecular flexibility index (Phi) is 5.39. The zero-order chi connectivity index (χ0) is 18.5. The molecule has 0 saturated carbocycles. The lowest BCUT2D eigenvalue weighted by Gasteiger charge is -2.36. The van der Waals surface area contributed by atoms with E-state index in [-0.39, 0.29) is 0 Å². The number of aromatic nitrogens is 2. The normalized spacial score (nSPS) is 14.3. The summed E-state index contributed by atoms with van der Waals surface area (Å²) in [6.07, 6.45) is 1.82. The van der Waals surface area contributed by atoms with E-state index in [9.17, 15) is 0 Å². The molecule has 2 aromatic carbocycles. The number of piperazine rings is 1. The highest BCUT2D eigenvalue weighted by Gasteiger charge is 2.19. The number of hydrogen-bond donors (Lipinski definition) is 1. The second kappa shape index (κ2) is 8.27. The van der Waals surface area contributed by atoms with Crippen molar-refractivity contribution in [1.82, 2.24) is 9.97 Å². The van der Waals surface area contributed by atoms with Crippen molar-refractivity contribution < 1.29 is 0 Å². The fourth-order valence-electron chi connectivity index (χ4n) is 3.25. The van der Waals surface area contributed by atoms with Crippen molar-refractivity contribution >= 4 is 29.1 Å². The van der Waals surface area contributed by atoms with Crippen molar-refractivity contribution in [2.24, 2.45) is 0 Å². The summed E-state index contributed by atoms with van der Waals surface area (Å²) in [5, 5.41) is 4.08. The van der Waals surface area contributed by atoms with Crippen molar-refractivity contribution in [3.05, 3.63) is 77.4 Å². The topological polar surface area (TPSA) is 44.3 Å². The molecule has 6 heteroatoms. The van der Waals surface area contributed by atoms with Crippen LogP contribution in [0.4, 0.5) is 17.5 Å². The van der Waals surface area contributed by atoms with E-state index in [1.54, 1.807) is 0 Å². The van der Waals surface area contributed by atoms with Gasteiger partial charge in [-0.15, -0.1) is 0 Å². The van der Waals surface area contributed by atoms with Crippen LogP contribution < -0.4 is 15.1 Å². The van der Waals surface area contributed by atoms with E-state index in [1.165, 1.54) is 11.3 Å². The quantitative estimate of drug-likeness (QED) is 0.724. The second-order valence-electron chi connectivity index (χ2n) is 6.53. The van der Waals surface area contributed by atoms with Crippen molar-refractivity contribution in [2.75, 3.05) is 41.3 Å². The molecule has 27 heavy (non-hydrogen) atoms. The van der Waals surface area contributed by atoms with Crippen LogP contribution in [0.15, 0.2) is 66.9 Å². The molecule has 0 amide bonds. The first-order valence-corrected chi connectivity index (χ1v) is 9.52. The van der Waals surface area contributed by atoms with Crippen molar-refractivity contribution in [3.63, 3.8) is 0 Å². The van der Waals surface area contributed by atoms with E-state index < -0.39 is 0 Å². The van der Waals surface area contributed by atoms with Crippen LogP contribution in [-0.4, -0.2) is 36.1 Å². The number of anilines is 3. The van der Waals surface area contributed by atoms with Gasteiger partial charge in [-0.3, -0.25) is 0 Å². The molecule has 5 nitrogen and oxygen atoms in total. The van der Waals surface area contributed by atoms with E-state index in [0.717, 1.165) is 37.0 Å². The minimum Gasteiger partial charge on any atom is -0.368 e. The van der Waals surface area contributed by atoms with Gasteiger partial charge in [0.25, 0.3) is 0 Å². The first-order valence-electron chi connectivity index (χ1n) is 9.14. The zero-order valence-corrected chi connectivity index (χ0v) is 15.8. The van der Waals surface area contributed by atoms with Gasteiger partial charge in [0.05, 0.1) is 0 Å². The highest BCUT2D eigenvalue weighted by molar-refractivity contribution is 6.30. The van der Waals surface area contributed by atoms with Gasteiger partial charge in [-0.05, 0) is 29.8 Å². The van der Waals surface area contributed by atoms with Crippen molar-refractivity contribution in [2.45, 2.75) is 6.54 Å². The van der Waals surface area contributed by atoms with Crippen LogP contribution in [0, 0.1) is 0 Å². The molecule has 1 N–H and O–H groups in total. The number of benzene rings is 2. The van der Waals surface area contributed by atoms with E-state index in [0.29, 0.717) is 12.5 Å². The largest absolute Gasteiger partial charge is 0.368 e. The molecule has 0 radical (unpaired) electrons. The lowest BCUT2D eigenvalue weighted by atomic mass is 10.2. The minimum absolute atomic E-state index is 0.661. The maximum absolute atomic E-state index is 6.12. The molecule has 1 aromatic heterocycles. The number of nitrogens with one attached hydrogen (secondary N) is 1. The van der Waals surface area contributed by atoms with Crippen LogP contribution >= 0.6 is 11.6 Å². The van der Waals surface area contributed by atoms with E-state index in [4.69, 9.17) is 11.6 Å². The summed E-state index contributed by atoms with van der Waals surface area (Å²) in [5.41, 5.74) is 2.39. The first-order chi connectivity index (χ1) is 13.3. The Morgan fingerprint density at radius 2 is 1.67 bits per heavy atom. The lowest BCUT2D eigenvalue weighted by molar-refractivity contribution is 0.647. The molecule has 0 unspecified atom stereocenters. The fourth-order valence-corrected chi connectivity index (χ4v) is 3.44. The molecule has 1 fully saturated rings. The number of nitrogens with zero attached hydrogens (tertiary/aromatic N) is 4. The first kappa shape index (κ1) is 17.6. The Morgan fingerprint density at radius 1 is 0.889 bits per heavy atom. The molecule has 1 aliphatic rings. The van der Waals surface area contributed by atoms with Gasteiger partial charge in [-0.2, -0.15) is 4.98 Å². The second-order valence-corrected chi connectivity index (χ2v) is 6.97. The lowest BCUT2D eigenvalue weighted by Crippen LogP contribution is -2.46. The molecule has 0 aliphatic carbocycles. The summed E-state index contributed by atoms with van der Waals surface area (Å²) in [6, 6.07) is 20.3. The molecule has 2 heterocycles. The molecule has 0 spiro atoms. The molecular weight excluding hydrogens is 358 g/mol. The summed E-state index contributed by atoms with van der Waals surface area (Å²) in [7, 11) is 0. The van der Waals surface area contributed by atoms with Gasteiger partial charge in [-0.25, -0.2) is 4.98 Å². The van der Waals surface area contributed by atoms with Gasteiger partial charge < -0.3 is 15.1 Å². The Bertz CT molecular complexity index is 879. The Hall–Kier alpha value is -2.79. The van der Waals surface area contributed by atoms with Crippen LogP contribution in [0.1, 0.15) is 5.56 Å². The van der Waals surface area contributed by atoms with Crippen LogP contribution in [-0.2, 0) is 6.54 Å². The van der Waals surface area contributed by atoms with Crippen molar-refractivity contribution in [1.29, 1.82) is 0 Å². The average molecular weight is 380 g/mol. The maximum atomic E-state index is 6.12. The van der Waals surface area contributed by atoms with Gasteiger partial charge in [0.15, 0.2) is 0 Å². The highest BCUT2D eigenvalue weighted by Crippen LogP contribution is 2.22. The Morgan fingerprint density at radius 3 is 2.44 bits per heavy atom. The predicted molar refractivity (Wildman–Crippen MR) is 112 cm³/mol. The summed E-state index contributed by atoms with van der Waals surface area (Å²) in [5.74, 6) is 1.62. The van der Waals surface area contributed by atoms with Crippen LogP contribution in [0.25, 0.3) is 0 Å². The molecule has 1 aliphatic heterocycles. The third-order valence-electron chi connectivity index (χ3n) is 4.71. The van der Waals surface area contributed by atoms with Crippen LogP contribution in [0.3, 0.4) is 0 Å². The molecule has 3 aromatic rings. The van der Waals surface area contributed by atoms with E-state index in [2.05, 4.69) is 43.3 Å². The number of hydrogen-bond acceptors (Lipinski definition) is 5. The van der Waals surface area contributed by atoms with Gasteiger partial charge in [0, 0.05) is 49.6 Å². The maximum Gasteiger partial charge on any atom is 0.224 e. The van der Waals surface area contributed by atoms with E-state index >= 15 is 0 Å². The standard InChI is InChI=1S/C21H22ClN5/c22-18-7-4-8-19(15-18)26-11-13-27(14-12-26)20-9-10-23-21(25-20)24-16-17-5-2-1-3-6-17/h1-10,15H,11-14,16H2,(H,23,24,25). The molecular formula is C21H22ClN5. The summed E-state index contributed by atoms with van der Waals surface area (Å²) >= 11 is 6.12. The monoisotopic (exact) mass is 379 g/mol.